The highest BCUT2D eigenvalue weighted by Gasteiger charge is 2.68. The van der Waals surface area contributed by atoms with Gasteiger partial charge >= 0.3 is 12.9 Å². The first-order chi connectivity index (χ1) is 8.28. The predicted molar refractivity (Wildman–Crippen MR) is 59.7 cm³/mol. The number of ketones is 2. The Bertz CT molecular complexity index is 579. The second-order valence-corrected chi connectivity index (χ2v) is 4.03. The fraction of sp³-hybridized carbons (Fsp3) is 0.333. The second kappa shape index (κ2) is 4.00. The van der Waals surface area contributed by atoms with Crippen LogP contribution in [0.5, 0.6) is 0 Å². The summed E-state index contributed by atoms with van der Waals surface area (Å²) in [7, 11) is -2.93. The van der Waals surface area contributed by atoms with Gasteiger partial charge in [0.25, 0.3) is 5.78 Å². The zero-order chi connectivity index (χ0) is 13.5. The van der Waals surface area contributed by atoms with Crippen LogP contribution in [0.4, 0.5) is 14.4 Å². The van der Waals surface area contributed by atoms with E-state index < -0.39 is 12.0 Å². The van der Waals surface area contributed by atoms with E-state index in [9.17, 15) is 18.7 Å². The summed E-state index contributed by atoms with van der Waals surface area (Å²) in [5.74, 6) is -0.0960. The summed E-state index contributed by atoms with van der Waals surface area (Å²) >= 11 is 0. The molecule has 0 N–H and O–H groups in total. The van der Waals surface area contributed by atoms with Gasteiger partial charge in [-0.3, -0.25) is 8.63 Å². The zero-order valence-electron chi connectivity index (χ0n) is 9.72. The van der Waals surface area contributed by atoms with E-state index in [2.05, 4.69) is 8.68 Å². The highest BCUT2D eigenvalue weighted by molar-refractivity contribution is 6.49. The van der Waals surface area contributed by atoms with Gasteiger partial charge in [-0.2, -0.15) is 0 Å². The van der Waals surface area contributed by atoms with Crippen LogP contribution >= 0.6 is 0 Å². The zero-order valence-corrected chi connectivity index (χ0v) is 9.72. The van der Waals surface area contributed by atoms with Crippen LogP contribution in [0.1, 0.15) is 23.3 Å². The monoisotopic (exact) mass is 259 g/mol. The van der Waals surface area contributed by atoms with Gasteiger partial charge in [0, 0.05) is 6.92 Å². The van der Waals surface area contributed by atoms with Gasteiger partial charge in [0.2, 0.25) is 5.78 Å². The van der Waals surface area contributed by atoms with E-state index in [0.29, 0.717) is 0 Å². The SMILES string of the molecule is CC1=[O+][B-](F)(F)[O+]=C(c2cc([N+](=O)[O-])n(C)c2)C1. The third-order valence-corrected chi connectivity index (χ3v) is 2.52. The molecule has 0 aromatic carbocycles. The van der Waals surface area contributed by atoms with E-state index in [1.165, 1.54) is 30.8 Å². The Kier molecular flexibility index (Phi) is 2.76. The lowest BCUT2D eigenvalue weighted by atomic mass is 10.1. The third-order valence-electron chi connectivity index (χ3n) is 2.52. The Morgan fingerprint density at radius 3 is 2.67 bits per heavy atom. The number of rotatable bonds is 2. The van der Waals surface area contributed by atoms with Crippen LogP contribution in [0.15, 0.2) is 12.3 Å². The van der Waals surface area contributed by atoms with Gasteiger partial charge in [0.1, 0.15) is 11.8 Å². The van der Waals surface area contributed by atoms with Crippen LogP contribution in [-0.2, 0) is 11.4 Å². The number of nitro groups is 1. The number of hydrogen-bond acceptors (Lipinski definition) is 2. The van der Waals surface area contributed by atoms with E-state index in [0.717, 1.165) is 0 Å². The number of nitrogens with zero attached hydrogens (tertiary/aromatic N) is 2. The van der Waals surface area contributed by atoms with Crippen molar-refractivity contribution < 1.29 is 22.2 Å². The summed E-state index contributed by atoms with van der Waals surface area (Å²) in [4.78, 5) is 10.1. The smallest absolute Gasteiger partial charge is 0.382 e. The number of halogens is 2. The van der Waals surface area contributed by atoms with Crippen LogP contribution < -0.4 is 0 Å². The first-order valence-corrected chi connectivity index (χ1v) is 5.16. The molecule has 0 unspecified atom stereocenters. The summed E-state index contributed by atoms with van der Waals surface area (Å²) in [6, 6.07) is 1.19. The molecule has 2 heterocycles. The van der Waals surface area contributed by atoms with Gasteiger partial charge in [-0.1, -0.05) is 0 Å². The van der Waals surface area contributed by atoms with E-state index in [1.54, 1.807) is 0 Å². The van der Waals surface area contributed by atoms with Crippen LogP contribution in [-0.4, -0.2) is 28.2 Å². The van der Waals surface area contributed by atoms with Crippen molar-refractivity contribution in [3.8, 4) is 0 Å². The van der Waals surface area contributed by atoms with Crippen LogP contribution in [0.2, 0.25) is 0 Å². The van der Waals surface area contributed by atoms with Crippen molar-refractivity contribution in [1.82, 2.24) is 4.57 Å². The minimum atomic E-state index is -4.39. The average molecular weight is 259 g/mol. The van der Waals surface area contributed by atoms with E-state index in [4.69, 9.17) is 0 Å². The quantitative estimate of drug-likeness (QED) is 0.266. The maximum atomic E-state index is 13.1. The van der Waals surface area contributed by atoms with E-state index in [-0.39, 0.29) is 29.4 Å². The maximum Gasteiger partial charge on any atom is 1.24 e. The summed E-state index contributed by atoms with van der Waals surface area (Å²) in [6.07, 6.45) is 1.44. The molecule has 0 fully saturated rings. The summed E-state index contributed by atoms with van der Waals surface area (Å²) in [5, 5.41) is 10.7. The second-order valence-electron chi connectivity index (χ2n) is 4.03. The largest absolute Gasteiger partial charge is 1.24 e. The first-order valence-electron chi connectivity index (χ1n) is 5.16. The molecule has 1 aromatic rings. The van der Waals surface area contributed by atoms with Crippen molar-refractivity contribution in [2.45, 2.75) is 13.3 Å². The minimum absolute atomic E-state index is 0.0209. The molecule has 6 nitrogen and oxygen atoms in total. The molecule has 0 saturated carbocycles. The van der Waals surface area contributed by atoms with Gasteiger partial charge in [0.05, 0.1) is 13.1 Å². The first kappa shape index (κ1) is 12.4. The Hall–Kier alpha value is -2.06. The van der Waals surface area contributed by atoms with Crippen molar-refractivity contribution in [2.75, 3.05) is 0 Å². The molecular formula is C9H10BF2N2O4+. The molecule has 0 atom stereocenters. The molecule has 0 amide bonds. The Morgan fingerprint density at radius 1 is 1.50 bits per heavy atom. The van der Waals surface area contributed by atoms with Crippen LogP contribution in [0, 0.1) is 10.1 Å². The molecule has 0 radical (unpaired) electrons. The molecule has 1 aliphatic rings. The lowest BCUT2D eigenvalue weighted by molar-refractivity contribution is -0.436. The number of carbonyl (C=O) groups excluding carboxylic acids is 2. The number of hydrogen-bond donors (Lipinski definition) is 0. The van der Waals surface area contributed by atoms with Gasteiger partial charge in [-0.05, 0) is 4.92 Å². The van der Waals surface area contributed by atoms with Crippen molar-refractivity contribution >= 4 is 24.5 Å². The minimum Gasteiger partial charge on any atom is -0.382 e. The molecule has 1 aliphatic heterocycles. The Labute approximate surface area is 100 Å². The Morgan fingerprint density at radius 2 is 2.17 bits per heavy atom. The molecule has 18 heavy (non-hydrogen) atoms. The summed E-state index contributed by atoms with van der Waals surface area (Å²) in [5.41, 5.74) is 0.258. The number of aryl methyl sites for hydroxylation is 1. The van der Waals surface area contributed by atoms with Gasteiger partial charge in [0.15, 0.2) is 6.42 Å². The van der Waals surface area contributed by atoms with Crippen molar-refractivity contribution in [3.63, 3.8) is 0 Å². The third kappa shape index (κ3) is 2.29. The molecule has 1 aromatic heterocycles. The van der Waals surface area contributed by atoms with E-state index >= 15 is 0 Å². The number of aromatic nitrogens is 1. The molecule has 0 bridgehead atoms. The molecule has 2 rings (SSSR count). The topological polar surface area (TPSA) is 70.7 Å². The highest BCUT2D eigenvalue weighted by Crippen LogP contribution is 2.21. The molecule has 96 valence electrons. The lowest BCUT2D eigenvalue weighted by Crippen LogP contribution is -2.32. The predicted octanol–water partition coefficient (Wildman–Crippen LogP) is 1.55. The van der Waals surface area contributed by atoms with Gasteiger partial charge in [-0.15, -0.1) is 0 Å². The highest BCUT2D eigenvalue weighted by atomic mass is 19.3. The normalized spacial score (nSPS) is 18.2. The Balaban J connectivity index is 2.42. The van der Waals surface area contributed by atoms with Crippen molar-refractivity contribution in [3.05, 3.63) is 27.9 Å². The van der Waals surface area contributed by atoms with Crippen LogP contribution in [0.25, 0.3) is 0 Å². The summed E-state index contributed by atoms with van der Waals surface area (Å²) < 4.78 is 36.1. The molecule has 9 heteroatoms. The molecule has 0 saturated heterocycles. The van der Waals surface area contributed by atoms with Crippen LogP contribution in [0.3, 0.4) is 0 Å². The lowest BCUT2D eigenvalue weighted by Gasteiger charge is -2.01. The standard InChI is InChI=1S/C9H10BF2N2O4/c1-6-3-8(18-10(11,12)17-6)7-4-9(14(15)16)13(2)5-7/h4-5H,3H2,1-2H3/q+1. The van der Waals surface area contributed by atoms with E-state index in [1.807, 2.05) is 0 Å². The fourth-order valence-electron chi connectivity index (χ4n) is 1.79. The fourth-order valence-corrected chi connectivity index (χ4v) is 1.79. The summed E-state index contributed by atoms with van der Waals surface area (Å²) in [6.45, 7) is 1.41. The maximum absolute atomic E-state index is 13.1. The molecule has 0 aliphatic carbocycles. The van der Waals surface area contributed by atoms with Gasteiger partial charge in [-0.25, -0.2) is 4.57 Å². The van der Waals surface area contributed by atoms with Crippen molar-refractivity contribution in [1.29, 1.82) is 0 Å². The molecular weight excluding hydrogens is 249 g/mol. The molecule has 0 spiro atoms. The van der Waals surface area contributed by atoms with Crippen molar-refractivity contribution in [2.24, 2.45) is 7.05 Å². The van der Waals surface area contributed by atoms with Gasteiger partial charge < -0.3 is 18.8 Å². The average Bonchev–Trinajstić information content (AvgIpc) is 2.57.